The number of thioether (sulfide) groups is 2. The van der Waals surface area contributed by atoms with Crippen LogP contribution in [0.4, 0.5) is 0 Å². The molecule has 13 heavy (non-hydrogen) atoms. The average Bonchev–Trinajstić information content (AvgIpc) is 2.16. The molecule has 0 radical (unpaired) electrons. The highest BCUT2D eigenvalue weighted by Gasteiger charge is 1.88. The minimum atomic E-state index is 1.18. The third kappa shape index (κ3) is 12.2. The molecular weight excluding hydrogens is 196 g/mol. The lowest BCUT2D eigenvalue weighted by Crippen LogP contribution is -1.85. The van der Waals surface area contributed by atoms with E-state index >= 15 is 0 Å². The summed E-state index contributed by atoms with van der Waals surface area (Å²) in [4.78, 5) is 0. The largest absolute Gasteiger partial charge is 0.158 e. The van der Waals surface area contributed by atoms with Gasteiger partial charge in [-0.15, -0.1) is 0 Å². The minimum absolute atomic E-state index is 1.18. The first kappa shape index (κ1) is 13.2. The Labute approximate surface area is 91.3 Å². The standard InChI is InChI=1S/C11H20S2/c1-3-5-8-12-10-7-11-13-9-6-4-2/h3-6H,7-11H2,1-2H3. The summed E-state index contributed by atoms with van der Waals surface area (Å²) >= 11 is 4.05. The normalized spacial score (nSPS) is 11.8. The zero-order valence-corrected chi connectivity index (χ0v) is 10.3. The first-order valence-corrected chi connectivity index (χ1v) is 7.10. The Morgan fingerprint density at radius 1 is 0.846 bits per heavy atom. The topological polar surface area (TPSA) is 0 Å². The molecule has 76 valence electrons. The van der Waals surface area contributed by atoms with E-state index in [2.05, 4.69) is 38.2 Å². The van der Waals surface area contributed by atoms with E-state index in [0.29, 0.717) is 0 Å². The molecule has 0 saturated carbocycles. The van der Waals surface area contributed by atoms with Crippen molar-refractivity contribution in [2.45, 2.75) is 20.3 Å². The highest BCUT2D eigenvalue weighted by Crippen LogP contribution is 2.08. The molecule has 2 heteroatoms. The van der Waals surface area contributed by atoms with Crippen LogP contribution in [0.15, 0.2) is 24.3 Å². The van der Waals surface area contributed by atoms with Crippen molar-refractivity contribution in [3.8, 4) is 0 Å². The van der Waals surface area contributed by atoms with Gasteiger partial charge in [0.15, 0.2) is 0 Å². The van der Waals surface area contributed by atoms with Crippen molar-refractivity contribution in [1.29, 1.82) is 0 Å². The van der Waals surface area contributed by atoms with E-state index < -0.39 is 0 Å². The van der Waals surface area contributed by atoms with E-state index in [0.717, 1.165) is 0 Å². The summed E-state index contributed by atoms with van der Waals surface area (Å²) < 4.78 is 0. The molecule has 0 aromatic rings. The van der Waals surface area contributed by atoms with Gasteiger partial charge in [0, 0.05) is 11.5 Å². The minimum Gasteiger partial charge on any atom is -0.158 e. The summed E-state index contributed by atoms with van der Waals surface area (Å²) in [6.07, 6.45) is 10.0. The third-order valence-electron chi connectivity index (χ3n) is 1.48. The zero-order valence-electron chi connectivity index (χ0n) is 8.66. The molecule has 0 heterocycles. The van der Waals surface area contributed by atoms with Crippen molar-refractivity contribution in [3.05, 3.63) is 24.3 Å². The number of rotatable bonds is 8. The zero-order chi connectivity index (χ0) is 9.78. The Kier molecular flexibility index (Phi) is 12.3. The van der Waals surface area contributed by atoms with Gasteiger partial charge in [0.25, 0.3) is 0 Å². The summed E-state index contributed by atoms with van der Waals surface area (Å²) in [7, 11) is 0. The smallest absolute Gasteiger partial charge is 0.0113 e. The highest BCUT2D eigenvalue weighted by atomic mass is 32.2. The maximum atomic E-state index is 2.22. The molecule has 0 atom stereocenters. The van der Waals surface area contributed by atoms with Crippen molar-refractivity contribution in [2.24, 2.45) is 0 Å². The number of allylic oxidation sites excluding steroid dienone is 2. The van der Waals surface area contributed by atoms with Crippen LogP contribution in [0.5, 0.6) is 0 Å². The van der Waals surface area contributed by atoms with Gasteiger partial charge in [-0.05, 0) is 31.8 Å². The van der Waals surface area contributed by atoms with Crippen molar-refractivity contribution in [3.63, 3.8) is 0 Å². The Balaban J connectivity index is 2.91. The SMILES string of the molecule is CC=CCSCCCSCC=CC. The fourth-order valence-corrected chi connectivity index (χ4v) is 2.63. The number of hydrogen-bond donors (Lipinski definition) is 0. The maximum absolute atomic E-state index is 2.22. The van der Waals surface area contributed by atoms with E-state index in [1.165, 1.54) is 29.4 Å². The van der Waals surface area contributed by atoms with E-state index in [-0.39, 0.29) is 0 Å². The second kappa shape index (κ2) is 12.2. The lowest BCUT2D eigenvalue weighted by Gasteiger charge is -1.97. The molecule has 0 bridgehead atoms. The fourth-order valence-electron chi connectivity index (χ4n) is 0.758. The summed E-state index contributed by atoms with van der Waals surface area (Å²) in [6, 6.07) is 0. The van der Waals surface area contributed by atoms with Gasteiger partial charge in [-0.3, -0.25) is 0 Å². The fraction of sp³-hybridized carbons (Fsp3) is 0.636. The second-order valence-corrected chi connectivity index (χ2v) is 4.94. The van der Waals surface area contributed by atoms with E-state index in [9.17, 15) is 0 Å². The first-order chi connectivity index (χ1) is 6.41. The van der Waals surface area contributed by atoms with Crippen molar-refractivity contribution in [2.75, 3.05) is 23.0 Å². The predicted octanol–water partition coefficient (Wildman–Crippen LogP) is 4.00. The first-order valence-electron chi connectivity index (χ1n) is 4.79. The van der Waals surface area contributed by atoms with E-state index in [1.54, 1.807) is 0 Å². The summed E-state index contributed by atoms with van der Waals surface area (Å²) in [5.41, 5.74) is 0. The van der Waals surface area contributed by atoms with Gasteiger partial charge < -0.3 is 0 Å². The molecular formula is C11H20S2. The van der Waals surface area contributed by atoms with E-state index in [4.69, 9.17) is 0 Å². The monoisotopic (exact) mass is 216 g/mol. The molecule has 0 rings (SSSR count). The highest BCUT2D eigenvalue weighted by molar-refractivity contribution is 8.00. The quantitative estimate of drug-likeness (QED) is 0.444. The molecule has 0 aromatic carbocycles. The van der Waals surface area contributed by atoms with Crippen molar-refractivity contribution in [1.82, 2.24) is 0 Å². The Morgan fingerprint density at radius 2 is 1.31 bits per heavy atom. The van der Waals surface area contributed by atoms with Crippen LogP contribution in [0.2, 0.25) is 0 Å². The Hall–Kier alpha value is 0.180. The van der Waals surface area contributed by atoms with Gasteiger partial charge in [0.05, 0.1) is 0 Å². The molecule has 0 N–H and O–H groups in total. The van der Waals surface area contributed by atoms with Crippen LogP contribution in [0.25, 0.3) is 0 Å². The van der Waals surface area contributed by atoms with Crippen LogP contribution in [0.3, 0.4) is 0 Å². The Morgan fingerprint density at radius 3 is 1.69 bits per heavy atom. The van der Waals surface area contributed by atoms with E-state index in [1.807, 2.05) is 23.5 Å². The van der Waals surface area contributed by atoms with Crippen LogP contribution >= 0.6 is 23.5 Å². The molecule has 0 aliphatic rings. The lowest BCUT2D eigenvalue weighted by molar-refractivity contribution is 1.12. The van der Waals surface area contributed by atoms with Gasteiger partial charge in [-0.1, -0.05) is 24.3 Å². The molecule has 0 aliphatic heterocycles. The van der Waals surface area contributed by atoms with Crippen LogP contribution < -0.4 is 0 Å². The van der Waals surface area contributed by atoms with Crippen molar-refractivity contribution < 1.29 is 0 Å². The molecule has 0 spiro atoms. The van der Waals surface area contributed by atoms with Gasteiger partial charge in [0.1, 0.15) is 0 Å². The van der Waals surface area contributed by atoms with Gasteiger partial charge >= 0.3 is 0 Å². The van der Waals surface area contributed by atoms with Crippen LogP contribution in [-0.4, -0.2) is 23.0 Å². The van der Waals surface area contributed by atoms with Crippen LogP contribution in [-0.2, 0) is 0 Å². The van der Waals surface area contributed by atoms with Crippen LogP contribution in [0, 0.1) is 0 Å². The molecule has 0 nitrogen and oxygen atoms in total. The molecule has 0 amide bonds. The molecule has 0 unspecified atom stereocenters. The third-order valence-corrected chi connectivity index (χ3v) is 3.49. The molecule has 0 fully saturated rings. The average molecular weight is 216 g/mol. The molecule has 0 aliphatic carbocycles. The van der Waals surface area contributed by atoms with Gasteiger partial charge in [-0.25, -0.2) is 0 Å². The predicted molar refractivity (Wildman–Crippen MR) is 68.9 cm³/mol. The number of hydrogen-bond acceptors (Lipinski definition) is 2. The molecule has 0 saturated heterocycles. The van der Waals surface area contributed by atoms with Gasteiger partial charge in [-0.2, -0.15) is 23.5 Å². The molecule has 0 aromatic heterocycles. The van der Waals surface area contributed by atoms with Crippen molar-refractivity contribution >= 4 is 23.5 Å². The lowest BCUT2D eigenvalue weighted by atomic mass is 10.6. The maximum Gasteiger partial charge on any atom is 0.0113 e. The Bertz CT molecular complexity index is 123. The van der Waals surface area contributed by atoms with Gasteiger partial charge in [0.2, 0.25) is 0 Å². The summed E-state index contributed by atoms with van der Waals surface area (Å²) in [5, 5.41) is 0. The van der Waals surface area contributed by atoms with Crippen LogP contribution in [0.1, 0.15) is 20.3 Å². The summed E-state index contributed by atoms with van der Waals surface area (Å²) in [6.45, 7) is 4.15. The second-order valence-electron chi connectivity index (χ2n) is 2.64. The summed E-state index contributed by atoms with van der Waals surface area (Å²) in [5.74, 6) is 4.95.